The van der Waals surface area contributed by atoms with Crippen molar-refractivity contribution in [2.24, 2.45) is 0 Å². The Morgan fingerprint density at radius 1 is 1.21 bits per heavy atom. The van der Waals surface area contributed by atoms with E-state index in [0.717, 1.165) is 18.3 Å². The van der Waals surface area contributed by atoms with Gasteiger partial charge in [-0.1, -0.05) is 29.8 Å². The zero-order valence-electron chi connectivity index (χ0n) is 17.1. The van der Waals surface area contributed by atoms with Crippen molar-refractivity contribution >= 4 is 23.4 Å². The minimum atomic E-state index is -4.83. The van der Waals surface area contributed by atoms with Gasteiger partial charge in [0.25, 0.3) is 0 Å². The van der Waals surface area contributed by atoms with Crippen LogP contribution in [0.15, 0.2) is 42.6 Å². The first kappa shape index (κ1) is 25.1. The molecule has 1 fully saturated rings. The average molecular weight is 496 g/mol. The van der Waals surface area contributed by atoms with Crippen LogP contribution in [0.3, 0.4) is 0 Å². The molecule has 0 saturated carbocycles. The molecule has 33 heavy (non-hydrogen) atoms. The number of carbonyl (C=O) groups is 1. The molecule has 0 aliphatic carbocycles. The Labute approximate surface area is 190 Å². The van der Waals surface area contributed by atoms with E-state index in [2.05, 4.69) is 15.0 Å². The summed E-state index contributed by atoms with van der Waals surface area (Å²) in [4.78, 5) is 17.1. The summed E-state index contributed by atoms with van der Waals surface area (Å²) >= 11 is 5.62. The van der Waals surface area contributed by atoms with E-state index >= 15 is 0 Å². The number of aromatic nitrogens is 1. The lowest BCUT2D eigenvalue weighted by Crippen LogP contribution is -2.47. The van der Waals surface area contributed by atoms with Crippen LogP contribution >= 0.6 is 11.6 Å². The summed E-state index contributed by atoms with van der Waals surface area (Å²) in [6, 6.07) is 7.50. The molecule has 0 spiro atoms. The van der Waals surface area contributed by atoms with Gasteiger partial charge in [-0.2, -0.15) is 26.3 Å². The van der Waals surface area contributed by atoms with Gasteiger partial charge in [0.05, 0.1) is 17.4 Å². The topological polar surface area (TPSA) is 54.5 Å². The summed E-state index contributed by atoms with van der Waals surface area (Å²) in [7, 11) is 0. The highest BCUT2D eigenvalue weighted by Crippen LogP contribution is 2.34. The molecular weight excluding hydrogens is 476 g/mol. The quantitative estimate of drug-likeness (QED) is 0.401. The molecule has 0 bridgehead atoms. The third kappa shape index (κ3) is 7.23. The van der Waals surface area contributed by atoms with Crippen LogP contribution in [0.2, 0.25) is 5.15 Å². The molecule has 180 valence electrons. The van der Waals surface area contributed by atoms with E-state index in [1.807, 2.05) is 0 Å². The van der Waals surface area contributed by atoms with Crippen LogP contribution in [0, 0.1) is 0 Å². The Balaban J connectivity index is 1.65. The Kier molecular flexibility index (Phi) is 7.73. The number of amides is 1. The van der Waals surface area contributed by atoms with Gasteiger partial charge in [-0.3, -0.25) is 10.2 Å². The van der Waals surface area contributed by atoms with E-state index in [1.165, 1.54) is 29.2 Å². The molecule has 12 heteroatoms. The predicted octanol–water partition coefficient (Wildman–Crippen LogP) is 6.11. The van der Waals surface area contributed by atoms with Gasteiger partial charge < -0.3 is 4.74 Å². The number of anilines is 1. The molecule has 2 atom stereocenters. The third-order valence-electron chi connectivity index (χ3n) is 5.20. The molecule has 2 aromatic rings. The van der Waals surface area contributed by atoms with Crippen molar-refractivity contribution in [2.45, 2.75) is 37.2 Å². The number of piperidine rings is 1. The van der Waals surface area contributed by atoms with Gasteiger partial charge in [0, 0.05) is 13.1 Å². The number of benzene rings is 1. The van der Waals surface area contributed by atoms with Gasteiger partial charge in [-0.25, -0.2) is 9.78 Å². The Hall–Kier alpha value is -2.53. The number of alkyl halides is 6. The maximum absolute atomic E-state index is 13.5. The molecule has 1 amide bonds. The first-order chi connectivity index (χ1) is 15.4. The number of likely N-dealkylation sites (tertiary alicyclic amines) is 1. The van der Waals surface area contributed by atoms with E-state index in [0.29, 0.717) is 24.9 Å². The largest absolute Gasteiger partial charge is 0.435 e. The third-order valence-corrected chi connectivity index (χ3v) is 5.43. The normalized spacial score (nSPS) is 18.6. The number of hydrogen-bond acceptors (Lipinski definition) is 4. The van der Waals surface area contributed by atoms with Crippen LogP contribution < -0.4 is 5.32 Å². The molecule has 0 radical (unpaired) electrons. The summed E-state index contributed by atoms with van der Waals surface area (Å²) in [5.41, 5.74) is -0.290. The van der Waals surface area contributed by atoms with Crippen LogP contribution in [0.4, 0.5) is 36.8 Å². The maximum Gasteiger partial charge on any atom is 0.426 e. The lowest BCUT2D eigenvalue weighted by Gasteiger charge is -2.35. The summed E-state index contributed by atoms with van der Waals surface area (Å²) < 4.78 is 84.3. The highest BCUT2D eigenvalue weighted by molar-refractivity contribution is 6.29. The molecule has 5 nitrogen and oxygen atoms in total. The number of carbonyl (C=O) groups excluding carboxylic acids is 1. The van der Waals surface area contributed by atoms with E-state index in [4.69, 9.17) is 11.6 Å². The van der Waals surface area contributed by atoms with E-state index in [-0.39, 0.29) is 23.3 Å². The van der Waals surface area contributed by atoms with Crippen LogP contribution in [-0.2, 0) is 10.9 Å². The summed E-state index contributed by atoms with van der Waals surface area (Å²) in [5.74, 6) is -0.371. The van der Waals surface area contributed by atoms with Gasteiger partial charge in [0.1, 0.15) is 5.15 Å². The average Bonchev–Trinajstić information content (AvgIpc) is 2.74. The van der Waals surface area contributed by atoms with Gasteiger partial charge in [0.15, 0.2) is 0 Å². The fourth-order valence-electron chi connectivity index (χ4n) is 3.63. The van der Waals surface area contributed by atoms with Gasteiger partial charge in [-0.15, -0.1) is 0 Å². The standard InChI is InChI=1S/C21H20ClF6N3O2/c22-18-7-6-16(10-29-18)30-19(32)33-17(21(26,27)28)12-31-8-2-4-14(11-31)13-3-1-5-15(9-13)20(23,24)25/h1,3,5-7,9-10,14,17H,2,4,8,11-12H2,(H,30,32). The Morgan fingerprint density at radius 3 is 2.61 bits per heavy atom. The molecule has 1 aromatic heterocycles. The number of ether oxygens (including phenoxy) is 1. The number of nitrogens with zero attached hydrogens (tertiary/aromatic N) is 2. The Morgan fingerprint density at radius 2 is 1.97 bits per heavy atom. The highest BCUT2D eigenvalue weighted by Gasteiger charge is 2.44. The molecule has 1 saturated heterocycles. The summed E-state index contributed by atoms with van der Waals surface area (Å²) in [6.45, 7) is -0.223. The second-order valence-corrected chi connectivity index (χ2v) is 8.04. The zero-order valence-corrected chi connectivity index (χ0v) is 17.8. The van der Waals surface area contributed by atoms with Crippen molar-refractivity contribution in [3.8, 4) is 0 Å². The predicted molar refractivity (Wildman–Crippen MR) is 109 cm³/mol. The van der Waals surface area contributed by atoms with Crippen molar-refractivity contribution in [2.75, 3.05) is 25.0 Å². The molecule has 2 heterocycles. The van der Waals surface area contributed by atoms with Crippen LogP contribution in [-0.4, -0.2) is 47.9 Å². The van der Waals surface area contributed by atoms with Crippen LogP contribution in [0.25, 0.3) is 0 Å². The lowest BCUT2D eigenvalue weighted by molar-refractivity contribution is -0.207. The van der Waals surface area contributed by atoms with Gasteiger partial charge in [0.2, 0.25) is 6.10 Å². The van der Waals surface area contributed by atoms with Crippen molar-refractivity contribution in [3.05, 3.63) is 58.9 Å². The minimum Gasteiger partial charge on any atom is -0.435 e. The minimum absolute atomic E-state index is 0.105. The van der Waals surface area contributed by atoms with E-state index in [9.17, 15) is 31.1 Å². The van der Waals surface area contributed by atoms with Crippen molar-refractivity contribution in [1.82, 2.24) is 9.88 Å². The first-order valence-corrected chi connectivity index (χ1v) is 10.3. The second kappa shape index (κ2) is 10.2. The number of pyridine rings is 1. The molecule has 3 rings (SSSR count). The maximum atomic E-state index is 13.5. The lowest BCUT2D eigenvalue weighted by atomic mass is 9.89. The smallest absolute Gasteiger partial charge is 0.426 e. The first-order valence-electron chi connectivity index (χ1n) is 9.97. The van der Waals surface area contributed by atoms with Crippen LogP contribution in [0.5, 0.6) is 0 Å². The number of nitrogens with one attached hydrogen (secondary N) is 1. The Bertz CT molecular complexity index is 952. The number of halogens is 7. The molecule has 1 aliphatic heterocycles. The van der Waals surface area contributed by atoms with Crippen molar-refractivity contribution < 1.29 is 35.9 Å². The monoisotopic (exact) mass is 495 g/mol. The summed E-state index contributed by atoms with van der Waals surface area (Å²) in [5, 5.41) is 2.30. The van der Waals surface area contributed by atoms with E-state index in [1.54, 1.807) is 0 Å². The molecular formula is C21H20ClF6N3O2. The number of rotatable bonds is 5. The second-order valence-electron chi connectivity index (χ2n) is 7.65. The highest BCUT2D eigenvalue weighted by atomic mass is 35.5. The SMILES string of the molecule is O=C(Nc1ccc(Cl)nc1)OC(CN1CCCC(c2cccc(C(F)(F)F)c2)C1)C(F)(F)F. The van der Waals surface area contributed by atoms with Crippen molar-refractivity contribution in [1.29, 1.82) is 0 Å². The zero-order chi connectivity index (χ0) is 24.2. The fourth-order valence-corrected chi connectivity index (χ4v) is 3.74. The molecule has 2 unspecified atom stereocenters. The fraction of sp³-hybridized carbons (Fsp3) is 0.429. The van der Waals surface area contributed by atoms with E-state index < -0.39 is 36.7 Å². The molecule has 1 N–H and O–H groups in total. The number of hydrogen-bond donors (Lipinski definition) is 1. The van der Waals surface area contributed by atoms with Gasteiger partial charge >= 0.3 is 18.4 Å². The van der Waals surface area contributed by atoms with Crippen molar-refractivity contribution in [3.63, 3.8) is 0 Å². The summed E-state index contributed by atoms with van der Waals surface area (Å²) in [6.07, 6.45) is -10.9. The van der Waals surface area contributed by atoms with Gasteiger partial charge in [-0.05, 0) is 49.1 Å². The molecule has 1 aromatic carbocycles. The molecule has 1 aliphatic rings. The van der Waals surface area contributed by atoms with Crippen LogP contribution in [0.1, 0.15) is 29.9 Å².